The number of hydrogen-bond acceptors (Lipinski definition) is 3. The molecule has 23 heavy (non-hydrogen) atoms. The van der Waals surface area contributed by atoms with Gasteiger partial charge in [-0.1, -0.05) is 11.6 Å². The van der Waals surface area contributed by atoms with Crippen LogP contribution in [-0.4, -0.2) is 48.4 Å². The maximum Gasteiger partial charge on any atom is 0.495 e. The van der Waals surface area contributed by atoms with E-state index in [1.165, 1.54) is 4.90 Å². The molecular formula is C17H23BFNO3. The third-order valence-electron chi connectivity index (χ3n) is 5.15. The summed E-state index contributed by atoms with van der Waals surface area (Å²) in [6.07, 6.45) is -0.885. The van der Waals surface area contributed by atoms with Crippen molar-refractivity contribution in [3.63, 3.8) is 0 Å². The summed E-state index contributed by atoms with van der Waals surface area (Å²) in [6, 6.07) is 5.47. The fourth-order valence-corrected chi connectivity index (χ4v) is 2.82. The highest BCUT2D eigenvalue weighted by Gasteiger charge is 2.52. The molecule has 0 saturated carbocycles. The molecule has 0 aromatic heterocycles. The number of rotatable bonds is 2. The van der Waals surface area contributed by atoms with Crippen molar-refractivity contribution >= 4 is 18.5 Å². The highest BCUT2D eigenvalue weighted by atomic mass is 19.1. The standard InChI is InChI=1S/C17H23BFNO3/c1-11-8-12(15(21)20-9-13(19)10-20)6-7-14(11)18-22-16(2,3)17(4,5)23-18/h6-8,13H,9-10H2,1-5H3. The van der Waals surface area contributed by atoms with Gasteiger partial charge in [-0.05, 0) is 52.2 Å². The molecule has 0 bridgehead atoms. The van der Waals surface area contributed by atoms with Crippen molar-refractivity contribution in [3.05, 3.63) is 29.3 Å². The maximum absolute atomic E-state index is 12.9. The Balaban J connectivity index is 1.80. The number of hydrogen-bond donors (Lipinski definition) is 0. The zero-order valence-corrected chi connectivity index (χ0v) is 14.4. The van der Waals surface area contributed by atoms with Gasteiger partial charge < -0.3 is 14.2 Å². The van der Waals surface area contributed by atoms with Crippen molar-refractivity contribution in [1.29, 1.82) is 0 Å². The number of carbonyl (C=O) groups excluding carboxylic acids is 1. The molecule has 2 heterocycles. The summed E-state index contributed by atoms with van der Waals surface area (Å²) in [5, 5.41) is 0. The van der Waals surface area contributed by atoms with E-state index >= 15 is 0 Å². The Bertz CT molecular complexity index is 625. The van der Waals surface area contributed by atoms with Crippen molar-refractivity contribution < 1.29 is 18.5 Å². The van der Waals surface area contributed by atoms with Crippen molar-refractivity contribution in [3.8, 4) is 0 Å². The lowest BCUT2D eigenvalue weighted by molar-refractivity contribution is 0.00578. The van der Waals surface area contributed by atoms with E-state index in [-0.39, 0.29) is 19.0 Å². The molecule has 2 fully saturated rings. The number of carbonyl (C=O) groups is 1. The van der Waals surface area contributed by atoms with Crippen molar-refractivity contribution in [2.75, 3.05) is 13.1 Å². The molecule has 2 aliphatic rings. The summed E-state index contributed by atoms with van der Waals surface area (Å²) in [6.45, 7) is 10.4. The van der Waals surface area contributed by atoms with Gasteiger partial charge >= 0.3 is 7.12 Å². The minimum Gasteiger partial charge on any atom is -0.399 e. The highest BCUT2D eigenvalue weighted by molar-refractivity contribution is 6.62. The Hall–Kier alpha value is -1.40. The molecule has 0 aliphatic carbocycles. The molecule has 1 aromatic carbocycles. The molecule has 1 aromatic rings. The van der Waals surface area contributed by atoms with E-state index in [1.807, 2.05) is 46.8 Å². The number of benzene rings is 1. The zero-order chi connectivity index (χ0) is 17.0. The molecule has 0 unspecified atom stereocenters. The van der Waals surface area contributed by atoms with Crippen molar-refractivity contribution in [2.45, 2.75) is 52.0 Å². The lowest BCUT2D eigenvalue weighted by atomic mass is 9.76. The summed E-state index contributed by atoms with van der Waals surface area (Å²) in [5.41, 5.74) is 1.65. The Morgan fingerprint density at radius 2 is 1.78 bits per heavy atom. The van der Waals surface area contributed by atoms with Gasteiger partial charge in [-0.2, -0.15) is 0 Å². The van der Waals surface area contributed by atoms with E-state index < -0.39 is 24.5 Å². The van der Waals surface area contributed by atoms with Crippen LogP contribution < -0.4 is 5.46 Å². The van der Waals surface area contributed by atoms with E-state index in [9.17, 15) is 9.18 Å². The van der Waals surface area contributed by atoms with Crippen LogP contribution in [0, 0.1) is 6.92 Å². The topological polar surface area (TPSA) is 38.8 Å². The lowest BCUT2D eigenvalue weighted by Crippen LogP contribution is -2.51. The molecule has 2 saturated heterocycles. The van der Waals surface area contributed by atoms with Crippen LogP contribution in [0.15, 0.2) is 18.2 Å². The van der Waals surface area contributed by atoms with Crippen LogP contribution in [0.25, 0.3) is 0 Å². The van der Waals surface area contributed by atoms with Crippen molar-refractivity contribution in [1.82, 2.24) is 4.90 Å². The van der Waals surface area contributed by atoms with Crippen LogP contribution in [0.2, 0.25) is 0 Å². The first-order valence-corrected chi connectivity index (χ1v) is 8.00. The van der Waals surface area contributed by atoms with E-state index in [1.54, 1.807) is 6.07 Å². The third kappa shape index (κ3) is 2.79. The molecule has 1 amide bonds. The quantitative estimate of drug-likeness (QED) is 0.784. The SMILES string of the molecule is Cc1cc(C(=O)N2CC(F)C2)ccc1B1OC(C)(C)C(C)(C)O1. The molecule has 4 nitrogen and oxygen atoms in total. The Labute approximate surface area is 137 Å². The highest BCUT2D eigenvalue weighted by Crippen LogP contribution is 2.36. The first-order valence-electron chi connectivity index (χ1n) is 8.00. The summed E-state index contributed by atoms with van der Waals surface area (Å²) in [7, 11) is -0.441. The number of alkyl halides is 1. The fourth-order valence-electron chi connectivity index (χ4n) is 2.82. The van der Waals surface area contributed by atoms with Crippen LogP contribution in [0.5, 0.6) is 0 Å². The molecule has 0 spiro atoms. The second-order valence-electron chi connectivity index (χ2n) is 7.47. The summed E-state index contributed by atoms with van der Waals surface area (Å²) < 4.78 is 25.0. The van der Waals surface area contributed by atoms with Gasteiger partial charge in [0.1, 0.15) is 6.17 Å². The molecule has 0 N–H and O–H groups in total. The van der Waals surface area contributed by atoms with Gasteiger partial charge in [0.25, 0.3) is 5.91 Å². The second kappa shape index (κ2) is 5.31. The summed E-state index contributed by atoms with van der Waals surface area (Å²) >= 11 is 0. The minimum absolute atomic E-state index is 0.123. The molecule has 3 rings (SSSR count). The summed E-state index contributed by atoms with van der Waals surface area (Å²) in [5.74, 6) is -0.123. The van der Waals surface area contributed by atoms with Crippen molar-refractivity contribution in [2.24, 2.45) is 0 Å². The van der Waals surface area contributed by atoms with Gasteiger partial charge in [0, 0.05) is 5.56 Å². The Kier molecular flexibility index (Phi) is 3.80. The molecule has 2 aliphatic heterocycles. The van der Waals surface area contributed by atoms with Gasteiger partial charge in [0.15, 0.2) is 0 Å². The molecule has 0 radical (unpaired) electrons. The smallest absolute Gasteiger partial charge is 0.399 e. The largest absolute Gasteiger partial charge is 0.495 e. The Morgan fingerprint density at radius 1 is 1.22 bits per heavy atom. The number of amides is 1. The van der Waals surface area contributed by atoms with Crippen LogP contribution in [-0.2, 0) is 9.31 Å². The van der Waals surface area contributed by atoms with Crippen LogP contribution in [0.1, 0.15) is 43.6 Å². The molecule has 6 heteroatoms. The first-order chi connectivity index (χ1) is 10.6. The number of likely N-dealkylation sites (tertiary alicyclic amines) is 1. The monoisotopic (exact) mass is 319 g/mol. The average molecular weight is 319 g/mol. The molecule has 124 valence electrons. The maximum atomic E-state index is 12.9. The van der Waals surface area contributed by atoms with Gasteiger partial charge in [0.2, 0.25) is 0 Å². The van der Waals surface area contributed by atoms with E-state index in [0.717, 1.165) is 11.0 Å². The minimum atomic E-state index is -0.885. The number of aryl methyl sites for hydroxylation is 1. The number of nitrogens with zero attached hydrogens (tertiary/aromatic N) is 1. The molecular weight excluding hydrogens is 296 g/mol. The van der Waals surface area contributed by atoms with E-state index in [2.05, 4.69) is 0 Å². The van der Waals surface area contributed by atoms with E-state index in [0.29, 0.717) is 5.56 Å². The van der Waals surface area contributed by atoms with Crippen LogP contribution >= 0.6 is 0 Å². The first kappa shape index (κ1) is 16.5. The van der Waals surface area contributed by atoms with Crippen LogP contribution in [0.3, 0.4) is 0 Å². The normalized spacial score (nSPS) is 23.0. The fraction of sp³-hybridized carbons (Fsp3) is 0.588. The van der Waals surface area contributed by atoms with Gasteiger partial charge in [-0.15, -0.1) is 0 Å². The van der Waals surface area contributed by atoms with E-state index in [4.69, 9.17) is 9.31 Å². The Morgan fingerprint density at radius 3 is 2.26 bits per heavy atom. The molecule has 0 atom stereocenters. The predicted octanol–water partition coefficient (Wildman–Crippen LogP) is 2.09. The van der Waals surface area contributed by atoms with Gasteiger partial charge in [-0.3, -0.25) is 4.79 Å². The zero-order valence-electron chi connectivity index (χ0n) is 14.4. The van der Waals surface area contributed by atoms with Gasteiger partial charge in [0.05, 0.1) is 24.3 Å². The average Bonchev–Trinajstić information content (AvgIpc) is 2.62. The second-order valence-corrected chi connectivity index (χ2v) is 7.47. The van der Waals surface area contributed by atoms with Gasteiger partial charge in [-0.25, -0.2) is 4.39 Å². The lowest BCUT2D eigenvalue weighted by Gasteiger charge is -2.34. The van der Waals surface area contributed by atoms with Crippen LogP contribution in [0.4, 0.5) is 4.39 Å². The predicted molar refractivity (Wildman–Crippen MR) is 87.7 cm³/mol. The summed E-state index contributed by atoms with van der Waals surface area (Å²) in [4.78, 5) is 13.8. The number of halogens is 1. The third-order valence-corrected chi connectivity index (χ3v) is 5.15.